The summed E-state index contributed by atoms with van der Waals surface area (Å²) in [6.07, 6.45) is 1.20. The Bertz CT molecular complexity index is 458. The molecule has 0 amide bonds. The van der Waals surface area contributed by atoms with Crippen LogP contribution in [-0.4, -0.2) is 31.2 Å². The molecule has 0 atom stereocenters. The molecule has 0 unspecified atom stereocenters. The van der Waals surface area contributed by atoms with E-state index in [9.17, 15) is 4.39 Å². The Balaban J connectivity index is 1.63. The lowest BCUT2D eigenvalue weighted by Gasteiger charge is -2.47. The summed E-state index contributed by atoms with van der Waals surface area (Å²) in [6.45, 7) is 9.10. The van der Waals surface area contributed by atoms with Gasteiger partial charge in [-0.05, 0) is 29.5 Å². The first-order chi connectivity index (χ1) is 9.08. The number of ether oxygens (including phenoxy) is 1. The Hall–Kier alpha value is -0.930. The monoisotopic (exact) mass is 263 g/mol. The molecule has 0 saturated carbocycles. The number of likely N-dealkylation sites (tertiary alicyclic amines) is 1. The molecule has 0 radical (unpaired) electrons. The van der Waals surface area contributed by atoms with Crippen LogP contribution in [0.4, 0.5) is 4.39 Å². The Labute approximate surface area is 114 Å². The first kappa shape index (κ1) is 13.1. The molecule has 1 aromatic carbocycles. The summed E-state index contributed by atoms with van der Waals surface area (Å²) in [5.74, 6) is 0.161. The topological polar surface area (TPSA) is 12.5 Å². The van der Waals surface area contributed by atoms with Gasteiger partial charge in [-0.1, -0.05) is 26.0 Å². The van der Waals surface area contributed by atoms with E-state index in [1.54, 1.807) is 6.07 Å². The fraction of sp³-hybridized carbons (Fsp3) is 0.625. The SMILES string of the molecule is CC(C)c1cc(CN2CC3(CCOC3)C2)ccc1F. The van der Waals surface area contributed by atoms with E-state index in [0.29, 0.717) is 5.41 Å². The Morgan fingerprint density at radius 3 is 2.79 bits per heavy atom. The van der Waals surface area contributed by atoms with Gasteiger partial charge in [-0.25, -0.2) is 4.39 Å². The summed E-state index contributed by atoms with van der Waals surface area (Å²) in [4.78, 5) is 2.44. The van der Waals surface area contributed by atoms with Crippen LogP contribution in [0.25, 0.3) is 0 Å². The highest BCUT2D eigenvalue weighted by Gasteiger charge is 2.45. The third-order valence-electron chi connectivity index (χ3n) is 4.39. The number of hydrogen-bond donors (Lipinski definition) is 0. The predicted octanol–water partition coefficient (Wildman–Crippen LogP) is 3.17. The molecule has 3 heteroatoms. The second-order valence-corrected chi connectivity index (χ2v) is 6.46. The van der Waals surface area contributed by atoms with Crippen LogP contribution in [0.5, 0.6) is 0 Å². The predicted molar refractivity (Wildman–Crippen MR) is 73.6 cm³/mol. The Kier molecular flexibility index (Phi) is 3.35. The van der Waals surface area contributed by atoms with E-state index in [0.717, 1.165) is 38.4 Å². The third-order valence-corrected chi connectivity index (χ3v) is 4.39. The van der Waals surface area contributed by atoms with Crippen molar-refractivity contribution in [1.29, 1.82) is 0 Å². The van der Waals surface area contributed by atoms with E-state index >= 15 is 0 Å². The van der Waals surface area contributed by atoms with Gasteiger partial charge in [0.1, 0.15) is 5.82 Å². The summed E-state index contributed by atoms with van der Waals surface area (Å²) >= 11 is 0. The summed E-state index contributed by atoms with van der Waals surface area (Å²) < 4.78 is 19.2. The molecule has 1 aromatic rings. The summed E-state index contributed by atoms with van der Waals surface area (Å²) in [7, 11) is 0. The molecule has 2 aliphatic rings. The largest absolute Gasteiger partial charge is 0.381 e. The molecular weight excluding hydrogens is 241 g/mol. The van der Waals surface area contributed by atoms with Gasteiger partial charge in [-0.3, -0.25) is 4.90 Å². The molecule has 0 aliphatic carbocycles. The maximum atomic E-state index is 13.7. The van der Waals surface area contributed by atoms with E-state index in [4.69, 9.17) is 4.74 Å². The average molecular weight is 263 g/mol. The van der Waals surface area contributed by atoms with Crippen molar-refractivity contribution in [3.8, 4) is 0 Å². The number of benzene rings is 1. The summed E-state index contributed by atoms with van der Waals surface area (Å²) in [5.41, 5.74) is 2.48. The lowest BCUT2D eigenvalue weighted by atomic mass is 9.79. The standard InChI is InChI=1S/C16H22FNO/c1-12(2)14-7-13(3-4-15(14)17)8-18-9-16(10-18)5-6-19-11-16/h3-4,7,12H,5-6,8-11H2,1-2H3. The van der Waals surface area contributed by atoms with Crippen molar-refractivity contribution < 1.29 is 9.13 Å². The van der Waals surface area contributed by atoms with E-state index in [1.807, 2.05) is 26.0 Å². The third kappa shape index (κ3) is 2.54. The number of hydrogen-bond acceptors (Lipinski definition) is 2. The zero-order chi connectivity index (χ0) is 13.5. The fourth-order valence-electron chi connectivity index (χ4n) is 3.31. The number of halogens is 1. The molecular formula is C16H22FNO. The average Bonchev–Trinajstić information content (AvgIpc) is 2.80. The van der Waals surface area contributed by atoms with Gasteiger partial charge in [0.25, 0.3) is 0 Å². The van der Waals surface area contributed by atoms with Crippen LogP contribution in [-0.2, 0) is 11.3 Å². The fourth-order valence-corrected chi connectivity index (χ4v) is 3.31. The first-order valence-electron chi connectivity index (χ1n) is 7.16. The van der Waals surface area contributed by atoms with Crippen LogP contribution in [0, 0.1) is 11.2 Å². The Morgan fingerprint density at radius 2 is 2.16 bits per heavy atom. The van der Waals surface area contributed by atoms with E-state index in [2.05, 4.69) is 4.90 Å². The molecule has 104 valence electrons. The van der Waals surface area contributed by atoms with Crippen molar-refractivity contribution in [2.24, 2.45) is 5.41 Å². The lowest BCUT2D eigenvalue weighted by molar-refractivity contribution is -0.0123. The van der Waals surface area contributed by atoms with Crippen LogP contribution < -0.4 is 0 Å². The maximum Gasteiger partial charge on any atom is 0.126 e. The van der Waals surface area contributed by atoms with Crippen molar-refractivity contribution in [1.82, 2.24) is 4.90 Å². The van der Waals surface area contributed by atoms with Crippen molar-refractivity contribution in [2.75, 3.05) is 26.3 Å². The number of rotatable bonds is 3. The zero-order valence-corrected chi connectivity index (χ0v) is 11.8. The first-order valence-corrected chi connectivity index (χ1v) is 7.16. The highest BCUT2D eigenvalue weighted by atomic mass is 19.1. The second kappa shape index (κ2) is 4.88. The number of nitrogens with zero attached hydrogens (tertiary/aromatic N) is 1. The molecule has 3 rings (SSSR count). The van der Waals surface area contributed by atoms with E-state index in [1.165, 1.54) is 12.0 Å². The molecule has 0 aromatic heterocycles. The van der Waals surface area contributed by atoms with Gasteiger partial charge in [0.15, 0.2) is 0 Å². The maximum absolute atomic E-state index is 13.7. The summed E-state index contributed by atoms with van der Waals surface area (Å²) in [5, 5.41) is 0. The molecule has 0 bridgehead atoms. The van der Waals surface area contributed by atoms with Crippen LogP contribution in [0.1, 0.15) is 37.3 Å². The molecule has 19 heavy (non-hydrogen) atoms. The van der Waals surface area contributed by atoms with Gasteiger partial charge in [-0.2, -0.15) is 0 Å². The van der Waals surface area contributed by atoms with Crippen molar-refractivity contribution in [3.63, 3.8) is 0 Å². The molecule has 0 N–H and O–H groups in total. The highest BCUT2D eigenvalue weighted by molar-refractivity contribution is 5.27. The van der Waals surface area contributed by atoms with Crippen molar-refractivity contribution in [3.05, 3.63) is 35.1 Å². The summed E-state index contributed by atoms with van der Waals surface area (Å²) in [6, 6.07) is 5.55. The molecule has 2 saturated heterocycles. The van der Waals surface area contributed by atoms with Gasteiger partial charge >= 0.3 is 0 Å². The van der Waals surface area contributed by atoms with Crippen LogP contribution >= 0.6 is 0 Å². The smallest absolute Gasteiger partial charge is 0.126 e. The van der Waals surface area contributed by atoms with Gasteiger partial charge in [-0.15, -0.1) is 0 Å². The minimum Gasteiger partial charge on any atom is -0.381 e. The quantitative estimate of drug-likeness (QED) is 0.830. The van der Waals surface area contributed by atoms with Crippen molar-refractivity contribution >= 4 is 0 Å². The van der Waals surface area contributed by atoms with Crippen LogP contribution in [0.15, 0.2) is 18.2 Å². The van der Waals surface area contributed by atoms with Crippen LogP contribution in [0.2, 0.25) is 0 Å². The minimum absolute atomic E-state index is 0.0805. The second-order valence-electron chi connectivity index (χ2n) is 6.46. The Morgan fingerprint density at radius 1 is 1.37 bits per heavy atom. The molecule has 2 fully saturated rings. The van der Waals surface area contributed by atoms with Crippen molar-refractivity contribution in [2.45, 2.75) is 32.7 Å². The minimum atomic E-state index is -0.0805. The van der Waals surface area contributed by atoms with Gasteiger partial charge in [0.05, 0.1) is 6.61 Å². The molecule has 2 heterocycles. The molecule has 1 spiro atoms. The van der Waals surface area contributed by atoms with Gasteiger partial charge in [0, 0.05) is 31.7 Å². The lowest BCUT2D eigenvalue weighted by Crippen LogP contribution is -2.56. The molecule has 2 nitrogen and oxygen atoms in total. The zero-order valence-electron chi connectivity index (χ0n) is 11.8. The highest BCUT2D eigenvalue weighted by Crippen LogP contribution is 2.39. The van der Waals surface area contributed by atoms with Gasteiger partial charge < -0.3 is 4.74 Å². The van der Waals surface area contributed by atoms with Crippen LogP contribution in [0.3, 0.4) is 0 Å². The van der Waals surface area contributed by atoms with Gasteiger partial charge in [0.2, 0.25) is 0 Å². The van der Waals surface area contributed by atoms with E-state index in [-0.39, 0.29) is 11.7 Å². The normalized spacial score (nSPS) is 22.1. The molecule has 2 aliphatic heterocycles. The van der Waals surface area contributed by atoms with E-state index < -0.39 is 0 Å².